The molecule has 1 aromatic heterocycles. The predicted molar refractivity (Wildman–Crippen MR) is 76.5 cm³/mol. The third-order valence-electron chi connectivity index (χ3n) is 3.42. The highest BCUT2D eigenvalue weighted by molar-refractivity contribution is 6.04. The van der Waals surface area contributed by atoms with E-state index in [9.17, 15) is 4.79 Å². The minimum absolute atomic E-state index is 0.0955. The maximum absolute atomic E-state index is 12.2. The predicted octanol–water partition coefficient (Wildman–Crippen LogP) is 3.08. The molecule has 0 aliphatic carbocycles. The van der Waals surface area contributed by atoms with Gasteiger partial charge >= 0.3 is 0 Å². The summed E-state index contributed by atoms with van der Waals surface area (Å²) >= 11 is 0. The summed E-state index contributed by atoms with van der Waals surface area (Å²) in [5.74, 6) is -0.0955. The van der Waals surface area contributed by atoms with Crippen LogP contribution in [0.2, 0.25) is 0 Å². The molecular formula is C15H19N3O. The molecule has 2 aromatic rings. The van der Waals surface area contributed by atoms with E-state index in [4.69, 9.17) is 0 Å². The Kier molecular flexibility index (Phi) is 3.69. The van der Waals surface area contributed by atoms with Crippen molar-refractivity contribution in [2.75, 3.05) is 5.32 Å². The van der Waals surface area contributed by atoms with E-state index in [-0.39, 0.29) is 5.91 Å². The highest BCUT2D eigenvalue weighted by atomic mass is 16.1. The third-order valence-corrected chi connectivity index (χ3v) is 3.42. The van der Waals surface area contributed by atoms with Crippen molar-refractivity contribution in [3.63, 3.8) is 0 Å². The largest absolute Gasteiger partial charge is 0.319 e. The molecule has 0 atom stereocenters. The summed E-state index contributed by atoms with van der Waals surface area (Å²) in [6.45, 7) is 8.81. The molecule has 0 fully saturated rings. The Morgan fingerprint density at radius 2 is 2.00 bits per heavy atom. The Morgan fingerprint density at radius 3 is 2.58 bits per heavy atom. The molecule has 0 radical (unpaired) electrons. The van der Waals surface area contributed by atoms with E-state index in [0.29, 0.717) is 5.56 Å². The molecule has 0 unspecified atom stereocenters. The van der Waals surface area contributed by atoms with E-state index in [1.807, 2.05) is 50.6 Å². The first kappa shape index (κ1) is 13.3. The fraction of sp³-hybridized carbons (Fsp3) is 0.333. The fourth-order valence-corrected chi connectivity index (χ4v) is 1.97. The number of carbonyl (C=O) groups is 1. The van der Waals surface area contributed by atoms with Gasteiger partial charge in [0.1, 0.15) is 0 Å². The van der Waals surface area contributed by atoms with Crippen molar-refractivity contribution in [2.45, 2.75) is 34.2 Å². The van der Waals surface area contributed by atoms with Crippen molar-refractivity contribution in [1.82, 2.24) is 9.78 Å². The number of hydrogen-bond acceptors (Lipinski definition) is 2. The third kappa shape index (κ3) is 2.67. The van der Waals surface area contributed by atoms with Gasteiger partial charge in [0.2, 0.25) is 0 Å². The Hall–Kier alpha value is -2.10. The number of amides is 1. The number of carbonyl (C=O) groups excluding carboxylic acids is 1. The van der Waals surface area contributed by atoms with Gasteiger partial charge in [-0.1, -0.05) is 6.07 Å². The lowest BCUT2D eigenvalue weighted by Crippen LogP contribution is -2.13. The number of aryl methyl sites for hydroxylation is 3. The van der Waals surface area contributed by atoms with E-state index < -0.39 is 0 Å². The molecule has 0 spiro atoms. The van der Waals surface area contributed by atoms with E-state index in [1.54, 1.807) is 6.20 Å². The molecule has 1 N–H and O–H groups in total. The SMILES string of the molecule is CCn1ncc(NC(=O)c2ccc(C)c(C)c2)c1C. The molecule has 4 heteroatoms. The normalized spacial score (nSPS) is 10.5. The van der Waals surface area contributed by atoms with Crippen LogP contribution in [0.5, 0.6) is 0 Å². The summed E-state index contributed by atoms with van der Waals surface area (Å²) in [6.07, 6.45) is 1.69. The summed E-state index contributed by atoms with van der Waals surface area (Å²) in [5.41, 5.74) is 4.72. The van der Waals surface area contributed by atoms with Crippen molar-refractivity contribution in [3.8, 4) is 0 Å². The topological polar surface area (TPSA) is 46.9 Å². The molecule has 100 valence electrons. The lowest BCUT2D eigenvalue weighted by molar-refractivity contribution is 0.102. The smallest absolute Gasteiger partial charge is 0.255 e. The minimum Gasteiger partial charge on any atom is -0.319 e. The first-order valence-corrected chi connectivity index (χ1v) is 6.44. The van der Waals surface area contributed by atoms with Crippen LogP contribution in [0.3, 0.4) is 0 Å². The first-order chi connectivity index (χ1) is 9.02. The lowest BCUT2D eigenvalue weighted by atomic mass is 10.1. The fourth-order valence-electron chi connectivity index (χ4n) is 1.97. The molecule has 0 aliphatic heterocycles. The highest BCUT2D eigenvalue weighted by Crippen LogP contribution is 2.16. The summed E-state index contributed by atoms with van der Waals surface area (Å²) in [7, 11) is 0. The van der Waals surface area contributed by atoms with Crippen LogP contribution in [0.25, 0.3) is 0 Å². The average Bonchev–Trinajstić information content (AvgIpc) is 2.73. The van der Waals surface area contributed by atoms with Gasteiger partial charge in [-0.05, 0) is 51.0 Å². The molecule has 0 aliphatic rings. The zero-order valence-corrected chi connectivity index (χ0v) is 11.8. The van der Waals surface area contributed by atoms with Crippen LogP contribution in [0.15, 0.2) is 24.4 Å². The minimum atomic E-state index is -0.0955. The van der Waals surface area contributed by atoms with Crippen molar-refractivity contribution in [3.05, 3.63) is 46.8 Å². The highest BCUT2D eigenvalue weighted by Gasteiger charge is 2.11. The van der Waals surface area contributed by atoms with Crippen LogP contribution in [-0.2, 0) is 6.54 Å². The van der Waals surface area contributed by atoms with Crippen LogP contribution in [-0.4, -0.2) is 15.7 Å². The Morgan fingerprint density at radius 1 is 1.26 bits per heavy atom. The first-order valence-electron chi connectivity index (χ1n) is 6.44. The number of nitrogens with zero attached hydrogens (tertiary/aromatic N) is 2. The molecule has 19 heavy (non-hydrogen) atoms. The Labute approximate surface area is 113 Å². The van der Waals surface area contributed by atoms with E-state index in [2.05, 4.69) is 10.4 Å². The van der Waals surface area contributed by atoms with Crippen molar-refractivity contribution < 1.29 is 4.79 Å². The van der Waals surface area contributed by atoms with E-state index in [1.165, 1.54) is 5.56 Å². The summed E-state index contributed by atoms with van der Waals surface area (Å²) < 4.78 is 1.86. The molecule has 0 bridgehead atoms. The van der Waals surface area contributed by atoms with Crippen LogP contribution < -0.4 is 5.32 Å². The number of rotatable bonds is 3. The van der Waals surface area contributed by atoms with Crippen molar-refractivity contribution in [1.29, 1.82) is 0 Å². The molecule has 1 aromatic carbocycles. The van der Waals surface area contributed by atoms with Gasteiger partial charge in [-0.3, -0.25) is 9.48 Å². The second-order valence-corrected chi connectivity index (χ2v) is 4.71. The zero-order chi connectivity index (χ0) is 14.0. The molecule has 1 heterocycles. The molecular weight excluding hydrogens is 238 g/mol. The summed E-state index contributed by atoms with van der Waals surface area (Å²) in [4.78, 5) is 12.2. The van der Waals surface area contributed by atoms with Gasteiger partial charge in [0.05, 0.1) is 17.6 Å². The van der Waals surface area contributed by atoms with Crippen molar-refractivity contribution in [2.24, 2.45) is 0 Å². The number of anilines is 1. The maximum Gasteiger partial charge on any atom is 0.255 e. The molecule has 0 saturated heterocycles. The number of aromatic nitrogens is 2. The number of hydrogen-bond donors (Lipinski definition) is 1. The van der Waals surface area contributed by atoms with Gasteiger partial charge in [0.15, 0.2) is 0 Å². The molecule has 0 saturated carbocycles. The zero-order valence-electron chi connectivity index (χ0n) is 11.8. The van der Waals surface area contributed by atoms with Crippen LogP contribution >= 0.6 is 0 Å². The molecule has 2 rings (SSSR count). The van der Waals surface area contributed by atoms with Crippen LogP contribution in [0, 0.1) is 20.8 Å². The summed E-state index contributed by atoms with van der Waals surface area (Å²) in [5, 5.41) is 7.12. The summed E-state index contributed by atoms with van der Waals surface area (Å²) in [6, 6.07) is 5.72. The van der Waals surface area contributed by atoms with Crippen LogP contribution in [0.1, 0.15) is 34.1 Å². The second kappa shape index (κ2) is 5.26. The molecule has 4 nitrogen and oxygen atoms in total. The van der Waals surface area contributed by atoms with Crippen molar-refractivity contribution >= 4 is 11.6 Å². The van der Waals surface area contributed by atoms with E-state index >= 15 is 0 Å². The second-order valence-electron chi connectivity index (χ2n) is 4.71. The van der Waals surface area contributed by atoms with Gasteiger partial charge in [0, 0.05) is 12.1 Å². The Bertz CT molecular complexity index is 614. The standard InChI is InChI=1S/C15H19N3O/c1-5-18-12(4)14(9-16-18)17-15(19)13-7-6-10(2)11(3)8-13/h6-9H,5H2,1-4H3,(H,17,19). The van der Waals surface area contributed by atoms with E-state index in [0.717, 1.165) is 23.5 Å². The van der Waals surface area contributed by atoms with Gasteiger partial charge in [-0.15, -0.1) is 0 Å². The molecule has 1 amide bonds. The maximum atomic E-state index is 12.2. The Balaban J connectivity index is 2.20. The average molecular weight is 257 g/mol. The van der Waals surface area contributed by atoms with Gasteiger partial charge < -0.3 is 5.32 Å². The quantitative estimate of drug-likeness (QED) is 0.918. The number of benzene rings is 1. The lowest BCUT2D eigenvalue weighted by Gasteiger charge is -2.07. The van der Waals surface area contributed by atoms with Gasteiger partial charge in [0.25, 0.3) is 5.91 Å². The van der Waals surface area contributed by atoms with Gasteiger partial charge in [-0.2, -0.15) is 5.10 Å². The van der Waals surface area contributed by atoms with Crippen LogP contribution in [0.4, 0.5) is 5.69 Å². The number of nitrogens with one attached hydrogen (secondary N) is 1. The van der Waals surface area contributed by atoms with Gasteiger partial charge in [-0.25, -0.2) is 0 Å². The monoisotopic (exact) mass is 257 g/mol.